The second kappa shape index (κ2) is 11.7. The zero-order chi connectivity index (χ0) is 18.7. The van der Waals surface area contributed by atoms with Crippen molar-refractivity contribution in [3.05, 3.63) is 29.8 Å². The summed E-state index contributed by atoms with van der Waals surface area (Å²) >= 11 is 0. The van der Waals surface area contributed by atoms with Gasteiger partial charge in [-0.25, -0.2) is 8.42 Å². The number of carbonyl (C=O) groups is 1. The minimum absolute atomic E-state index is 0.178. The standard InChI is InChI=1S/C12H23OS.C7H8O3S/c1-2-3-4-5-8-12(13)11-14-9-6-7-10-14;1-6-2-4-7(5-3-6)11(8,9)10/h2-11H2,1H3;2-5H,1H3,(H,8,9,10)/q+1;/p-1. The molecule has 6 heteroatoms. The lowest BCUT2D eigenvalue weighted by Gasteiger charge is -2.05. The molecular formula is C19H30O4S2. The minimum atomic E-state index is -4.27. The highest BCUT2D eigenvalue weighted by molar-refractivity contribution is 7.97. The molecule has 4 nitrogen and oxygen atoms in total. The maximum atomic E-state index is 11.6. The fourth-order valence-electron chi connectivity index (χ4n) is 2.61. The molecule has 0 bridgehead atoms. The average Bonchev–Trinajstić information content (AvgIpc) is 3.05. The molecule has 0 aliphatic carbocycles. The van der Waals surface area contributed by atoms with E-state index in [0.717, 1.165) is 24.2 Å². The molecule has 0 spiro atoms. The lowest BCUT2D eigenvalue weighted by Crippen LogP contribution is -2.17. The molecule has 0 saturated carbocycles. The van der Waals surface area contributed by atoms with E-state index in [4.69, 9.17) is 0 Å². The molecule has 25 heavy (non-hydrogen) atoms. The molecule has 1 heterocycles. The van der Waals surface area contributed by atoms with Gasteiger partial charge in [-0.15, -0.1) is 0 Å². The van der Waals surface area contributed by atoms with Crippen LogP contribution in [0.2, 0.25) is 0 Å². The van der Waals surface area contributed by atoms with E-state index in [-0.39, 0.29) is 4.90 Å². The van der Waals surface area contributed by atoms with E-state index in [1.165, 1.54) is 55.7 Å². The van der Waals surface area contributed by atoms with Crippen LogP contribution in [-0.4, -0.2) is 36.0 Å². The van der Waals surface area contributed by atoms with E-state index >= 15 is 0 Å². The van der Waals surface area contributed by atoms with Crippen LogP contribution in [0.3, 0.4) is 0 Å². The van der Waals surface area contributed by atoms with Crippen LogP contribution in [-0.2, 0) is 25.8 Å². The van der Waals surface area contributed by atoms with Gasteiger partial charge in [-0.3, -0.25) is 4.79 Å². The van der Waals surface area contributed by atoms with Crippen molar-refractivity contribution in [3.63, 3.8) is 0 Å². The normalized spacial score (nSPS) is 14.8. The van der Waals surface area contributed by atoms with Crippen LogP contribution in [0.25, 0.3) is 0 Å². The monoisotopic (exact) mass is 386 g/mol. The Labute approximate surface area is 155 Å². The Morgan fingerprint density at radius 2 is 1.68 bits per heavy atom. The highest BCUT2D eigenvalue weighted by atomic mass is 32.2. The Morgan fingerprint density at radius 1 is 1.08 bits per heavy atom. The highest BCUT2D eigenvalue weighted by Crippen LogP contribution is 2.14. The molecule has 1 aliphatic rings. The van der Waals surface area contributed by atoms with Crippen molar-refractivity contribution in [2.45, 2.75) is 63.7 Å². The second-order valence-corrected chi connectivity index (χ2v) is 10.2. The van der Waals surface area contributed by atoms with E-state index in [1.807, 2.05) is 6.92 Å². The summed E-state index contributed by atoms with van der Waals surface area (Å²) in [5, 5.41) is 0. The quantitative estimate of drug-likeness (QED) is 0.386. The second-order valence-electron chi connectivity index (χ2n) is 6.49. The fourth-order valence-corrected chi connectivity index (χ4v) is 5.40. The maximum absolute atomic E-state index is 11.6. The predicted molar refractivity (Wildman–Crippen MR) is 104 cm³/mol. The van der Waals surface area contributed by atoms with Crippen molar-refractivity contribution in [1.29, 1.82) is 0 Å². The van der Waals surface area contributed by atoms with Gasteiger partial charge in [0.15, 0.2) is 11.5 Å². The van der Waals surface area contributed by atoms with Gasteiger partial charge in [0, 0.05) is 6.42 Å². The molecule has 0 aromatic heterocycles. The summed E-state index contributed by atoms with van der Waals surface area (Å²) in [4.78, 5) is 11.4. The van der Waals surface area contributed by atoms with Gasteiger partial charge in [-0.2, -0.15) is 0 Å². The first kappa shape index (κ1) is 22.2. The SMILES string of the molecule is CCCCCCC(=O)C[S+]1CCCC1.Cc1ccc(S(=O)(=O)[O-])cc1. The van der Waals surface area contributed by atoms with Crippen LogP contribution < -0.4 is 0 Å². The highest BCUT2D eigenvalue weighted by Gasteiger charge is 2.26. The Morgan fingerprint density at radius 3 is 2.20 bits per heavy atom. The molecule has 1 saturated heterocycles. The van der Waals surface area contributed by atoms with Crippen LogP contribution in [0.5, 0.6) is 0 Å². The molecule has 1 aliphatic heterocycles. The lowest BCUT2D eigenvalue weighted by molar-refractivity contribution is -0.116. The Bertz CT molecular complexity index is 603. The van der Waals surface area contributed by atoms with Crippen LogP contribution in [0.1, 0.15) is 57.4 Å². The first-order valence-corrected chi connectivity index (χ1v) is 12.2. The van der Waals surface area contributed by atoms with Crippen molar-refractivity contribution in [2.24, 2.45) is 0 Å². The molecule has 1 aromatic rings. The Hall–Kier alpha value is -0.850. The third-order valence-electron chi connectivity index (χ3n) is 4.10. The number of carbonyl (C=O) groups excluding carboxylic acids is 1. The average molecular weight is 387 g/mol. The van der Waals surface area contributed by atoms with Gasteiger partial charge in [0.05, 0.1) is 4.90 Å². The number of hydrogen-bond donors (Lipinski definition) is 0. The number of benzene rings is 1. The largest absolute Gasteiger partial charge is 0.744 e. The first-order valence-electron chi connectivity index (χ1n) is 9.01. The number of unbranched alkanes of at least 4 members (excludes halogenated alkanes) is 3. The van der Waals surface area contributed by atoms with Gasteiger partial charge in [0.1, 0.15) is 21.6 Å². The molecule has 0 N–H and O–H groups in total. The third-order valence-corrected chi connectivity index (χ3v) is 7.41. The van der Waals surface area contributed by atoms with Crippen molar-refractivity contribution in [3.8, 4) is 0 Å². The maximum Gasteiger partial charge on any atom is 0.181 e. The van der Waals surface area contributed by atoms with Gasteiger partial charge in [0.2, 0.25) is 0 Å². The van der Waals surface area contributed by atoms with Crippen molar-refractivity contribution in [2.75, 3.05) is 17.3 Å². The summed E-state index contributed by atoms with van der Waals surface area (Å²) in [7, 11) is -3.78. The van der Waals surface area contributed by atoms with Crippen LogP contribution in [0.15, 0.2) is 29.2 Å². The summed E-state index contributed by atoms with van der Waals surface area (Å²) < 4.78 is 31.2. The summed E-state index contributed by atoms with van der Waals surface area (Å²) in [5.74, 6) is 4.11. The van der Waals surface area contributed by atoms with E-state index in [0.29, 0.717) is 16.7 Å². The van der Waals surface area contributed by atoms with Crippen LogP contribution in [0.4, 0.5) is 0 Å². The van der Waals surface area contributed by atoms with Crippen LogP contribution >= 0.6 is 0 Å². The van der Waals surface area contributed by atoms with Gasteiger partial charge in [-0.1, -0.05) is 43.9 Å². The molecule has 1 aromatic carbocycles. The Balaban J connectivity index is 0.000000257. The van der Waals surface area contributed by atoms with Gasteiger partial charge >= 0.3 is 0 Å². The van der Waals surface area contributed by atoms with E-state index in [1.54, 1.807) is 12.1 Å². The van der Waals surface area contributed by atoms with Crippen molar-refractivity contribution >= 4 is 26.8 Å². The number of hydrogen-bond acceptors (Lipinski definition) is 4. The fraction of sp³-hybridized carbons (Fsp3) is 0.632. The molecule has 0 atom stereocenters. The summed E-state index contributed by atoms with van der Waals surface area (Å²) in [6.07, 6.45) is 8.51. The molecule has 142 valence electrons. The van der Waals surface area contributed by atoms with E-state index < -0.39 is 10.1 Å². The van der Waals surface area contributed by atoms with Crippen molar-refractivity contribution in [1.82, 2.24) is 0 Å². The zero-order valence-electron chi connectivity index (χ0n) is 15.3. The minimum Gasteiger partial charge on any atom is -0.744 e. The lowest BCUT2D eigenvalue weighted by atomic mass is 10.1. The number of aryl methyl sites for hydroxylation is 1. The van der Waals surface area contributed by atoms with Crippen LogP contribution in [0, 0.1) is 6.92 Å². The molecule has 0 amide bonds. The van der Waals surface area contributed by atoms with Gasteiger partial charge in [0.25, 0.3) is 0 Å². The molecule has 2 rings (SSSR count). The van der Waals surface area contributed by atoms with E-state index in [9.17, 15) is 17.8 Å². The van der Waals surface area contributed by atoms with Gasteiger partial charge in [-0.05, 0) is 49.2 Å². The Kier molecular flexibility index (Phi) is 10.4. The zero-order valence-corrected chi connectivity index (χ0v) is 17.0. The molecule has 1 fully saturated rings. The number of rotatable bonds is 8. The molecule has 0 radical (unpaired) electrons. The summed E-state index contributed by atoms with van der Waals surface area (Å²) in [6, 6.07) is 5.78. The smallest absolute Gasteiger partial charge is 0.181 e. The predicted octanol–water partition coefficient (Wildman–Crippen LogP) is 3.84. The van der Waals surface area contributed by atoms with Crippen molar-refractivity contribution < 1.29 is 17.8 Å². The number of Topliss-reactive ketones (excluding diaryl/α,β-unsaturated/α-hetero) is 1. The topological polar surface area (TPSA) is 74.3 Å². The molecule has 0 unspecified atom stereocenters. The van der Waals surface area contributed by atoms with Gasteiger partial charge < -0.3 is 4.55 Å². The summed E-state index contributed by atoms with van der Waals surface area (Å²) in [6.45, 7) is 4.03. The third kappa shape index (κ3) is 10.0. The van der Waals surface area contributed by atoms with E-state index in [2.05, 4.69) is 6.92 Å². The first-order chi connectivity index (χ1) is 11.8. The molecular weight excluding hydrogens is 356 g/mol. The summed E-state index contributed by atoms with van der Waals surface area (Å²) in [5.41, 5.74) is 0.928. The number of ketones is 1.